The number of rotatable bonds is 3. The minimum Gasteiger partial charge on any atom is -0.272 e. The van der Waals surface area contributed by atoms with Crippen molar-refractivity contribution in [2.24, 2.45) is 0 Å². The van der Waals surface area contributed by atoms with Crippen molar-refractivity contribution in [1.82, 2.24) is 9.66 Å². The summed E-state index contributed by atoms with van der Waals surface area (Å²) < 4.78 is 2.37. The van der Waals surface area contributed by atoms with Gasteiger partial charge in [0.05, 0.1) is 16.7 Å². The molecule has 0 bridgehead atoms. The van der Waals surface area contributed by atoms with Crippen LogP contribution in [0.4, 0.5) is 0 Å². The van der Waals surface area contributed by atoms with Crippen LogP contribution in [-0.4, -0.2) is 21.3 Å². The second kappa shape index (κ2) is 7.74. The van der Waals surface area contributed by atoms with E-state index in [0.717, 1.165) is 15.6 Å². The third-order valence-electron chi connectivity index (χ3n) is 4.98. The highest BCUT2D eigenvalue weighted by Crippen LogP contribution is 2.39. The maximum Gasteiger partial charge on any atom is 0.280 e. The van der Waals surface area contributed by atoms with Gasteiger partial charge in [0.2, 0.25) is 0 Å². The van der Waals surface area contributed by atoms with Gasteiger partial charge in [-0.15, -0.1) is 11.8 Å². The van der Waals surface area contributed by atoms with Gasteiger partial charge in [-0.1, -0.05) is 70.5 Å². The number of benzene rings is 3. The summed E-state index contributed by atoms with van der Waals surface area (Å²) in [5.41, 5.74) is 2.07. The largest absolute Gasteiger partial charge is 0.280 e. The van der Waals surface area contributed by atoms with Crippen LogP contribution in [0.3, 0.4) is 0 Å². The van der Waals surface area contributed by atoms with E-state index < -0.39 is 0 Å². The van der Waals surface area contributed by atoms with E-state index in [2.05, 4.69) is 15.9 Å². The Bertz CT molecular complexity index is 1320. The van der Waals surface area contributed by atoms with E-state index in [4.69, 9.17) is 4.98 Å². The van der Waals surface area contributed by atoms with E-state index in [-0.39, 0.29) is 16.8 Å². The Hall–Kier alpha value is -2.90. The number of nitrogens with zero attached hydrogens (tertiary/aromatic N) is 3. The smallest absolute Gasteiger partial charge is 0.272 e. The lowest BCUT2D eigenvalue weighted by Gasteiger charge is -2.28. The molecule has 1 saturated heterocycles. The van der Waals surface area contributed by atoms with E-state index in [1.807, 2.05) is 72.8 Å². The average Bonchev–Trinajstić information content (AvgIpc) is 3.15. The van der Waals surface area contributed by atoms with Crippen LogP contribution in [0.1, 0.15) is 10.9 Å². The predicted molar refractivity (Wildman–Crippen MR) is 124 cm³/mol. The lowest BCUT2D eigenvalue weighted by molar-refractivity contribution is -0.117. The van der Waals surface area contributed by atoms with Gasteiger partial charge in [0.15, 0.2) is 5.82 Å². The van der Waals surface area contributed by atoms with Crippen LogP contribution in [0.2, 0.25) is 0 Å². The highest BCUT2D eigenvalue weighted by atomic mass is 79.9. The Morgan fingerprint density at radius 1 is 0.933 bits per heavy atom. The third-order valence-corrected chi connectivity index (χ3v) is 6.67. The number of aromatic nitrogens is 2. The third kappa shape index (κ3) is 3.24. The molecule has 1 amide bonds. The Labute approximate surface area is 185 Å². The number of thioether (sulfide) groups is 1. The Morgan fingerprint density at radius 2 is 1.70 bits per heavy atom. The van der Waals surface area contributed by atoms with Crippen LogP contribution in [0.5, 0.6) is 0 Å². The number of hydrogen-bond acceptors (Lipinski definition) is 4. The number of carbonyl (C=O) groups is 1. The van der Waals surface area contributed by atoms with Gasteiger partial charge in [0.1, 0.15) is 5.37 Å². The molecule has 0 spiro atoms. The maximum absolute atomic E-state index is 13.6. The Kier molecular flexibility index (Phi) is 4.92. The number of carbonyl (C=O) groups excluding carboxylic acids is 1. The fourth-order valence-corrected chi connectivity index (χ4v) is 5.17. The molecule has 5 nitrogen and oxygen atoms in total. The molecule has 148 valence electrons. The summed E-state index contributed by atoms with van der Waals surface area (Å²) in [5.74, 6) is 0.626. The Morgan fingerprint density at radius 3 is 2.50 bits per heavy atom. The van der Waals surface area contributed by atoms with Crippen LogP contribution in [0.15, 0.2) is 88.1 Å². The highest BCUT2D eigenvalue weighted by Gasteiger charge is 2.37. The van der Waals surface area contributed by atoms with Crippen LogP contribution in [-0.2, 0) is 4.79 Å². The van der Waals surface area contributed by atoms with E-state index in [1.165, 1.54) is 16.4 Å². The lowest BCUT2D eigenvalue weighted by Crippen LogP contribution is -2.46. The standard InChI is InChI=1S/C23H16BrN3O2S/c24-17-10-6-9-16(13-17)23-26(20(28)14-30-23)27-21(15-7-2-1-3-8-15)25-19-12-5-4-11-18(19)22(27)29/h1-13,23H,14H2. The summed E-state index contributed by atoms with van der Waals surface area (Å²) in [5, 5.41) is 1.71. The van der Waals surface area contributed by atoms with Crippen molar-refractivity contribution in [1.29, 1.82) is 0 Å². The Balaban J connectivity index is 1.79. The van der Waals surface area contributed by atoms with Crippen molar-refractivity contribution in [3.8, 4) is 11.4 Å². The molecule has 1 aromatic heterocycles. The van der Waals surface area contributed by atoms with Gasteiger partial charge in [-0.25, -0.2) is 9.99 Å². The minimum absolute atomic E-state index is 0.124. The number of halogens is 1. The van der Waals surface area contributed by atoms with E-state index in [9.17, 15) is 9.59 Å². The van der Waals surface area contributed by atoms with Gasteiger partial charge in [-0.2, -0.15) is 4.68 Å². The highest BCUT2D eigenvalue weighted by molar-refractivity contribution is 9.10. The fourth-order valence-electron chi connectivity index (χ4n) is 3.63. The first-order valence-corrected chi connectivity index (χ1v) is 11.2. The van der Waals surface area contributed by atoms with Gasteiger partial charge in [-0.3, -0.25) is 9.59 Å². The van der Waals surface area contributed by atoms with Gasteiger partial charge in [0, 0.05) is 10.0 Å². The summed E-state index contributed by atoms with van der Waals surface area (Å²) in [6.45, 7) is 0. The zero-order valence-electron chi connectivity index (χ0n) is 15.7. The molecule has 7 heteroatoms. The number of para-hydroxylation sites is 1. The molecule has 5 rings (SSSR count). The number of fused-ring (bicyclic) bond motifs is 1. The normalized spacial score (nSPS) is 16.4. The summed E-state index contributed by atoms with van der Waals surface area (Å²) in [6, 6.07) is 24.5. The van der Waals surface area contributed by atoms with Gasteiger partial charge in [-0.05, 0) is 29.8 Å². The van der Waals surface area contributed by atoms with Crippen LogP contribution in [0, 0.1) is 0 Å². The van der Waals surface area contributed by atoms with E-state index >= 15 is 0 Å². The van der Waals surface area contributed by atoms with E-state index in [1.54, 1.807) is 11.1 Å². The lowest BCUT2D eigenvalue weighted by atomic mass is 10.2. The molecule has 2 heterocycles. The summed E-state index contributed by atoms with van der Waals surface area (Å²) in [7, 11) is 0. The first-order chi connectivity index (χ1) is 14.6. The molecule has 0 radical (unpaired) electrons. The molecule has 1 aliphatic rings. The van der Waals surface area contributed by atoms with Crippen molar-refractivity contribution < 1.29 is 4.79 Å². The van der Waals surface area contributed by atoms with Crippen LogP contribution in [0.25, 0.3) is 22.3 Å². The fraction of sp³-hybridized carbons (Fsp3) is 0.0870. The molecular formula is C23H16BrN3O2S. The summed E-state index contributed by atoms with van der Waals surface area (Å²) in [6.07, 6.45) is 0. The van der Waals surface area contributed by atoms with Crippen molar-refractivity contribution in [2.75, 3.05) is 10.8 Å². The first-order valence-electron chi connectivity index (χ1n) is 9.40. The summed E-state index contributed by atoms with van der Waals surface area (Å²) in [4.78, 5) is 31.4. The molecule has 0 N–H and O–H groups in total. The molecule has 1 aliphatic heterocycles. The molecule has 1 atom stereocenters. The molecule has 0 aliphatic carbocycles. The van der Waals surface area contributed by atoms with Crippen molar-refractivity contribution in [3.63, 3.8) is 0 Å². The molecule has 1 unspecified atom stereocenters. The molecule has 1 fully saturated rings. The number of amides is 1. The van der Waals surface area contributed by atoms with Gasteiger partial charge < -0.3 is 0 Å². The maximum atomic E-state index is 13.6. The zero-order valence-corrected chi connectivity index (χ0v) is 18.1. The van der Waals surface area contributed by atoms with E-state index in [0.29, 0.717) is 22.5 Å². The first kappa shape index (κ1) is 19.1. The SMILES string of the molecule is O=C1CSC(c2cccc(Br)c2)N1n1c(-c2ccccc2)nc2ccccc2c1=O. The number of hydrogen-bond donors (Lipinski definition) is 0. The second-order valence-electron chi connectivity index (χ2n) is 6.89. The van der Waals surface area contributed by atoms with Gasteiger partial charge >= 0.3 is 0 Å². The van der Waals surface area contributed by atoms with Gasteiger partial charge in [0.25, 0.3) is 11.5 Å². The van der Waals surface area contributed by atoms with Crippen molar-refractivity contribution in [2.45, 2.75) is 5.37 Å². The summed E-state index contributed by atoms with van der Waals surface area (Å²) >= 11 is 5.01. The molecule has 30 heavy (non-hydrogen) atoms. The zero-order chi connectivity index (χ0) is 20.7. The predicted octanol–water partition coefficient (Wildman–Crippen LogP) is 4.74. The van der Waals surface area contributed by atoms with Crippen LogP contribution >= 0.6 is 27.7 Å². The molecular weight excluding hydrogens is 462 g/mol. The molecule has 0 saturated carbocycles. The van der Waals surface area contributed by atoms with Crippen LogP contribution < -0.4 is 10.6 Å². The van der Waals surface area contributed by atoms with Crippen molar-refractivity contribution >= 4 is 44.5 Å². The molecule has 3 aromatic carbocycles. The average molecular weight is 478 g/mol. The monoisotopic (exact) mass is 477 g/mol. The van der Waals surface area contributed by atoms with Crippen molar-refractivity contribution in [3.05, 3.63) is 99.3 Å². The molecule has 4 aromatic rings. The quantitative estimate of drug-likeness (QED) is 0.427. The topological polar surface area (TPSA) is 55.2 Å². The second-order valence-corrected chi connectivity index (χ2v) is 8.88. The minimum atomic E-state index is -0.321.